The zero-order valence-electron chi connectivity index (χ0n) is 25.4. The Balaban J connectivity index is 7.42. The van der Waals surface area contributed by atoms with Crippen molar-refractivity contribution in [1.29, 1.82) is 0 Å². The molecule has 0 aromatic carbocycles. The number of ether oxygens (including phenoxy) is 6. The third kappa shape index (κ3) is 10.0. The third-order valence-electron chi connectivity index (χ3n) is 5.11. The minimum absolute atomic E-state index is 0.402. The van der Waals surface area contributed by atoms with Gasteiger partial charge in [-0.2, -0.15) is 10.2 Å². The van der Waals surface area contributed by atoms with Gasteiger partial charge in [0.1, 0.15) is 23.0 Å². The van der Waals surface area contributed by atoms with E-state index in [1.165, 1.54) is 13.8 Å². The van der Waals surface area contributed by atoms with E-state index in [1.807, 2.05) is 0 Å². The van der Waals surface area contributed by atoms with Crippen LogP contribution in [0.25, 0.3) is 0 Å². The first-order chi connectivity index (χ1) is 18.7. The second-order valence-corrected chi connectivity index (χ2v) is 10.5. The number of hydrazone groups is 2. The maximum atomic E-state index is 13.5. The van der Waals surface area contributed by atoms with Gasteiger partial charge < -0.3 is 28.4 Å². The highest BCUT2D eigenvalue weighted by Crippen LogP contribution is 2.42. The van der Waals surface area contributed by atoms with Crippen molar-refractivity contribution in [1.82, 2.24) is 10.9 Å². The monoisotopic (exact) mass is 588 g/mol. The first-order valence-electron chi connectivity index (χ1n) is 12.1. The van der Waals surface area contributed by atoms with Crippen molar-refractivity contribution in [2.75, 3.05) is 28.4 Å². The molecule has 0 radical (unpaired) electrons. The SMILES string of the molecule is COC(=O)C(/C(C)=N/NC(=O)OC(C)(C)C)C(C(=O)OC)(C(=O)OC)C(C(=O)OC)/C(C)=N/NC(=O)OC(C)(C)C. The largest absolute Gasteiger partial charge is 0.468 e. The normalized spacial score (nSPS) is 14.0. The Hall–Kier alpha value is -4.24. The minimum Gasteiger partial charge on any atom is -0.468 e. The molecule has 0 heterocycles. The second-order valence-electron chi connectivity index (χ2n) is 10.5. The number of rotatable bonds is 10. The van der Waals surface area contributed by atoms with Crippen molar-refractivity contribution in [3.8, 4) is 0 Å². The van der Waals surface area contributed by atoms with Crippen molar-refractivity contribution < 1.29 is 57.2 Å². The number of hydrogen-bond donors (Lipinski definition) is 2. The molecule has 0 rings (SSSR count). The fraction of sp³-hybridized carbons (Fsp3) is 0.680. The molecule has 0 spiro atoms. The summed E-state index contributed by atoms with van der Waals surface area (Å²) in [5.41, 5.74) is -1.46. The van der Waals surface area contributed by atoms with Gasteiger partial charge in [-0.1, -0.05) is 0 Å². The van der Waals surface area contributed by atoms with Crippen molar-refractivity contribution >= 4 is 47.5 Å². The number of esters is 4. The average molecular weight is 589 g/mol. The Morgan fingerprint density at radius 3 is 1.07 bits per heavy atom. The summed E-state index contributed by atoms with van der Waals surface area (Å²) >= 11 is 0. The number of methoxy groups -OCH3 is 4. The van der Waals surface area contributed by atoms with Gasteiger partial charge in [-0.05, 0) is 55.4 Å². The van der Waals surface area contributed by atoms with Gasteiger partial charge in [0.15, 0.2) is 0 Å². The first kappa shape index (κ1) is 36.8. The summed E-state index contributed by atoms with van der Waals surface area (Å²) in [5, 5.41) is 7.62. The van der Waals surface area contributed by atoms with Gasteiger partial charge in [0.2, 0.25) is 5.41 Å². The van der Waals surface area contributed by atoms with Crippen LogP contribution in [-0.2, 0) is 47.6 Å². The Labute approximate surface area is 238 Å². The molecule has 2 atom stereocenters. The minimum atomic E-state index is -2.93. The summed E-state index contributed by atoms with van der Waals surface area (Å²) in [6.45, 7) is 11.9. The Bertz CT molecular complexity index is 985. The topological polar surface area (TPSA) is 207 Å². The summed E-state index contributed by atoms with van der Waals surface area (Å²) in [5.74, 6) is -9.55. The first-order valence-corrected chi connectivity index (χ1v) is 12.1. The Morgan fingerprint density at radius 1 is 0.561 bits per heavy atom. The molecular weight excluding hydrogens is 548 g/mol. The van der Waals surface area contributed by atoms with Crippen LogP contribution in [0.1, 0.15) is 55.4 Å². The predicted molar refractivity (Wildman–Crippen MR) is 142 cm³/mol. The molecule has 232 valence electrons. The number of carbonyl (C=O) groups is 6. The number of amides is 2. The zero-order chi connectivity index (χ0) is 32.3. The van der Waals surface area contributed by atoms with Crippen molar-refractivity contribution in [3.63, 3.8) is 0 Å². The molecule has 0 fully saturated rings. The molecule has 0 aliphatic carbocycles. The summed E-state index contributed by atoms with van der Waals surface area (Å²) < 4.78 is 29.7. The molecule has 16 nitrogen and oxygen atoms in total. The number of hydrogen-bond acceptors (Lipinski definition) is 14. The molecule has 0 aromatic rings. The summed E-state index contributed by atoms with van der Waals surface area (Å²) in [4.78, 5) is 78.0. The summed E-state index contributed by atoms with van der Waals surface area (Å²) in [7, 11) is 3.67. The quantitative estimate of drug-likeness (QED) is 0.123. The van der Waals surface area contributed by atoms with E-state index in [0.29, 0.717) is 0 Å². The molecule has 0 aromatic heterocycles. The highest BCUT2D eigenvalue weighted by atomic mass is 16.6. The van der Waals surface area contributed by atoms with Gasteiger partial charge in [0.25, 0.3) is 0 Å². The maximum Gasteiger partial charge on any atom is 0.428 e. The Kier molecular flexibility index (Phi) is 13.4. The van der Waals surface area contributed by atoms with Crippen LogP contribution in [0.5, 0.6) is 0 Å². The zero-order valence-corrected chi connectivity index (χ0v) is 25.4. The third-order valence-corrected chi connectivity index (χ3v) is 5.11. The van der Waals surface area contributed by atoms with Crippen molar-refractivity contribution in [2.24, 2.45) is 27.5 Å². The molecule has 0 bridgehead atoms. The number of carbonyl (C=O) groups excluding carboxylic acids is 6. The second kappa shape index (κ2) is 14.9. The van der Waals surface area contributed by atoms with Gasteiger partial charge in [0.05, 0.1) is 39.9 Å². The lowest BCUT2D eigenvalue weighted by atomic mass is 9.63. The van der Waals surface area contributed by atoms with Crippen LogP contribution >= 0.6 is 0 Å². The average Bonchev–Trinajstić information content (AvgIpc) is 2.86. The smallest absolute Gasteiger partial charge is 0.428 e. The maximum absolute atomic E-state index is 13.5. The van der Waals surface area contributed by atoms with Gasteiger partial charge in [0, 0.05) is 0 Å². The van der Waals surface area contributed by atoms with E-state index in [9.17, 15) is 28.8 Å². The van der Waals surface area contributed by atoms with Crippen molar-refractivity contribution in [3.05, 3.63) is 0 Å². The summed E-state index contributed by atoms with van der Waals surface area (Å²) in [6.07, 6.45) is -2.07. The van der Waals surface area contributed by atoms with Gasteiger partial charge in [-0.25, -0.2) is 20.4 Å². The standard InChI is InChI=1S/C25H40N4O12/c1-13(26-28-21(34)40-23(3,4)5)15(17(30)36-9)25(19(32)38-11,20(33)39-12)16(18(31)37-10)14(2)27-29-22(35)41-24(6,7)8/h15-16H,1-12H3,(H,28,34)(H,29,35)/b26-13+,27-14+. The van der Waals surface area contributed by atoms with E-state index in [4.69, 9.17) is 28.4 Å². The van der Waals surface area contributed by atoms with Crippen LogP contribution in [0.2, 0.25) is 0 Å². The van der Waals surface area contributed by atoms with E-state index in [-0.39, 0.29) is 0 Å². The lowest BCUT2D eigenvalue weighted by molar-refractivity contribution is -0.184. The van der Waals surface area contributed by atoms with E-state index in [0.717, 1.165) is 28.4 Å². The van der Waals surface area contributed by atoms with E-state index in [2.05, 4.69) is 21.1 Å². The number of nitrogens with one attached hydrogen (secondary N) is 2. The molecule has 41 heavy (non-hydrogen) atoms. The van der Waals surface area contributed by atoms with Crippen LogP contribution in [0.3, 0.4) is 0 Å². The molecule has 2 amide bonds. The highest BCUT2D eigenvalue weighted by Gasteiger charge is 2.67. The molecule has 2 unspecified atom stereocenters. The van der Waals surface area contributed by atoms with Crippen molar-refractivity contribution in [2.45, 2.75) is 66.6 Å². The fourth-order valence-corrected chi connectivity index (χ4v) is 3.67. The number of nitrogens with zero attached hydrogens (tertiary/aromatic N) is 2. The molecular formula is C25H40N4O12. The molecule has 16 heteroatoms. The lowest BCUT2D eigenvalue weighted by Gasteiger charge is -2.38. The molecule has 0 aliphatic rings. The fourth-order valence-electron chi connectivity index (χ4n) is 3.67. The highest BCUT2D eigenvalue weighted by molar-refractivity contribution is 6.20. The van der Waals surface area contributed by atoms with Crippen LogP contribution in [-0.4, -0.2) is 87.1 Å². The van der Waals surface area contributed by atoms with Crippen LogP contribution < -0.4 is 10.9 Å². The van der Waals surface area contributed by atoms with Gasteiger partial charge >= 0.3 is 36.1 Å². The van der Waals surface area contributed by atoms with E-state index in [1.54, 1.807) is 41.5 Å². The Morgan fingerprint density at radius 2 is 0.854 bits per heavy atom. The van der Waals surface area contributed by atoms with Crippen LogP contribution in [0.15, 0.2) is 10.2 Å². The molecule has 2 N–H and O–H groups in total. The molecule has 0 saturated carbocycles. The lowest BCUT2D eigenvalue weighted by Crippen LogP contribution is -2.61. The summed E-state index contributed by atoms with van der Waals surface area (Å²) in [6, 6.07) is 0. The molecule has 0 aliphatic heterocycles. The van der Waals surface area contributed by atoms with Crippen LogP contribution in [0, 0.1) is 17.3 Å². The van der Waals surface area contributed by atoms with E-state index >= 15 is 0 Å². The molecule has 0 saturated heterocycles. The predicted octanol–water partition coefficient (Wildman–Crippen LogP) is 1.70. The van der Waals surface area contributed by atoms with Gasteiger partial charge in [-0.15, -0.1) is 0 Å². The van der Waals surface area contributed by atoms with E-state index < -0.39 is 75.9 Å². The van der Waals surface area contributed by atoms with Crippen LogP contribution in [0.4, 0.5) is 9.59 Å². The van der Waals surface area contributed by atoms with Gasteiger partial charge in [-0.3, -0.25) is 19.2 Å².